The highest BCUT2D eigenvalue weighted by Gasteiger charge is 2.08. The number of nitrogens with two attached hydrogens (primary N) is 2. The van der Waals surface area contributed by atoms with E-state index in [1.54, 1.807) is 6.92 Å². The number of aryl methyl sites for hydroxylation is 1. The molecule has 0 atom stereocenters. The third-order valence-corrected chi connectivity index (χ3v) is 2.88. The van der Waals surface area contributed by atoms with Crippen LogP contribution < -0.4 is 20.9 Å². The van der Waals surface area contributed by atoms with Crippen LogP contribution in [-0.2, 0) is 0 Å². The number of aromatic nitrogens is 2. The molecule has 0 saturated heterocycles. The first kappa shape index (κ1) is 14.9. The fraction of sp³-hybridized carbons (Fsp3) is 0.333. The lowest BCUT2D eigenvalue weighted by Crippen LogP contribution is -2.08. The van der Waals surface area contributed by atoms with Crippen LogP contribution >= 0.6 is 0 Å². The zero-order chi connectivity index (χ0) is 15.1. The minimum Gasteiger partial charge on any atom is -0.494 e. The lowest BCUT2D eigenvalue weighted by molar-refractivity contribution is 0.265. The topological polar surface area (TPSA) is 96.3 Å². The Bertz CT molecular complexity index is 552. The molecule has 0 spiro atoms. The van der Waals surface area contributed by atoms with Crippen LogP contribution in [0.1, 0.15) is 18.5 Å². The van der Waals surface area contributed by atoms with Crippen molar-refractivity contribution in [2.45, 2.75) is 19.8 Å². The van der Waals surface area contributed by atoms with E-state index < -0.39 is 0 Å². The predicted molar refractivity (Wildman–Crippen MR) is 82.3 cm³/mol. The van der Waals surface area contributed by atoms with Gasteiger partial charge in [0, 0.05) is 0 Å². The summed E-state index contributed by atoms with van der Waals surface area (Å²) in [7, 11) is 0. The van der Waals surface area contributed by atoms with E-state index in [9.17, 15) is 0 Å². The van der Waals surface area contributed by atoms with Crippen molar-refractivity contribution in [3.8, 4) is 11.5 Å². The van der Waals surface area contributed by atoms with E-state index in [0.29, 0.717) is 24.7 Å². The lowest BCUT2D eigenvalue weighted by atomic mass is 10.3. The van der Waals surface area contributed by atoms with Crippen LogP contribution in [0.5, 0.6) is 11.5 Å². The second kappa shape index (κ2) is 7.33. The number of para-hydroxylation sites is 1. The molecule has 0 fully saturated rings. The largest absolute Gasteiger partial charge is 0.494 e. The Balaban J connectivity index is 1.68. The molecule has 0 aliphatic carbocycles. The second-order valence-electron chi connectivity index (χ2n) is 4.60. The van der Waals surface area contributed by atoms with E-state index in [4.69, 9.17) is 20.9 Å². The van der Waals surface area contributed by atoms with Gasteiger partial charge in [-0.2, -0.15) is 4.98 Å². The zero-order valence-electron chi connectivity index (χ0n) is 12.1. The summed E-state index contributed by atoms with van der Waals surface area (Å²) >= 11 is 0. The van der Waals surface area contributed by atoms with Gasteiger partial charge in [0.05, 0.1) is 18.9 Å². The standard InChI is InChI=1S/C15H20N4O2/c1-11-13(14(16)19-15(17)18-11)21-10-6-5-9-20-12-7-3-2-4-8-12/h2-4,7-8H,5-6,9-10H2,1H3,(H4,16,17,18,19). The maximum atomic E-state index is 5.76. The molecule has 0 bridgehead atoms. The molecule has 6 heteroatoms. The van der Waals surface area contributed by atoms with Crippen LogP contribution in [0.4, 0.5) is 11.8 Å². The van der Waals surface area contributed by atoms with Gasteiger partial charge in [-0.3, -0.25) is 0 Å². The van der Waals surface area contributed by atoms with E-state index >= 15 is 0 Å². The molecular weight excluding hydrogens is 268 g/mol. The van der Waals surface area contributed by atoms with E-state index in [1.807, 2.05) is 30.3 Å². The van der Waals surface area contributed by atoms with Gasteiger partial charge in [0.1, 0.15) is 5.75 Å². The molecule has 0 unspecified atom stereocenters. The van der Waals surface area contributed by atoms with Gasteiger partial charge < -0.3 is 20.9 Å². The average Bonchev–Trinajstić information content (AvgIpc) is 2.45. The van der Waals surface area contributed by atoms with Crippen LogP contribution in [0, 0.1) is 6.92 Å². The quantitative estimate of drug-likeness (QED) is 0.758. The SMILES string of the molecule is Cc1nc(N)nc(N)c1OCCCCOc1ccccc1. The summed E-state index contributed by atoms with van der Waals surface area (Å²) in [5, 5.41) is 0. The minimum absolute atomic E-state index is 0.161. The molecule has 2 aromatic rings. The summed E-state index contributed by atoms with van der Waals surface area (Å²) in [5.74, 6) is 1.83. The number of ether oxygens (including phenoxy) is 2. The van der Waals surface area contributed by atoms with Crippen molar-refractivity contribution in [3.63, 3.8) is 0 Å². The Morgan fingerprint density at radius 2 is 1.62 bits per heavy atom. The van der Waals surface area contributed by atoms with Gasteiger partial charge in [-0.15, -0.1) is 0 Å². The van der Waals surface area contributed by atoms with Crippen molar-refractivity contribution in [2.24, 2.45) is 0 Å². The summed E-state index contributed by atoms with van der Waals surface area (Å²) in [6, 6.07) is 9.73. The minimum atomic E-state index is 0.161. The number of hydrogen-bond donors (Lipinski definition) is 2. The number of rotatable bonds is 7. The normalized spacial score (nSPS) is 10.3. The fourth-order valence-corrected chi connectivity index (χ4v) is 1.87. The average molecular weight is 288 g/mol. The molecule has 1 heterocycles. The molecule has 21 heavy (non-hydrogen) atoms. The molecule has 2 rings (SSSR count). The summed E-state index contributed by atoms with van der Waals surface area (Å²) in [5.41, 5.74) is 11.9. The van der Waals surface area contributed by atoms with E-state index in [-0.39, 0.29) is 11.8 Å². The Labute approximate surface area is 124 Å². The molecule has 0 aliphatic rings. The van der Waals surface area contributed by atoms with Crippen molar-refractivity contribution in [1.82, 2.24) is 9.97 Å². The molecule has 0 amide bonds. The van der Waals surface area contributed by atoms with Crippen molar-refractivity contribution in [1.29, 1.82) is 0 Å². The highest BCUT2D eigenvalue weighted by atomic mass is 16.5. The molecule has 4 N–H and O–H groups in total. The van der Waals surface area contributed by atoms with Gasteiger partial charge in [-0.1, -0.05) is 18.2 Å². The van der Waals surface area contributed by atoms with E-state index in [2.05, 4.69) is 9.97 Å². The first-order valence-electron chi connectivity index (χ1n) is 6.87. The molecule has 112 valence electrons. The molecular formula is C15H20N4O2. The predicted octanol–water partition coefficient (Wildman–Crippen LogP) is 2.19. The summed E-state index contributed by atoms with van der Waals surface area (Å²) in [6.45, 7) is 2.98. The number of unbranched alkanes of at least 4 members (excludes halogenated alkanes) is 1. The van der Waals surface area contributed by atoms with Gasteiger partial charge >= 0.3 is 0 Å². The van der Waals surface area contributed by atoms with E-state index in [0.717, 1.165) is 18.6 Å². The van der Waals surface area contributed by atoms with Gasteiger partial charge in [-0.05, 0) is 31.9 Å². The first-order chi connectivity index (χ1) is 10.2. The van der Waals surface area contributed by atoms with Crippen molar-refractivity contribution < 1.29 is 9.47 Å². The van der Waals surface area contributed by atoms with Gasteiger partial charge in [0.2, 0.25) is 5.95 Å². The molecule has 6 nitrogen and oxygen atoms in total. The van der Waals surface area contributed by atoms with Gasteiger partial charge in [0.25, 0.3) is 0 Å². The highest BCUT2D eigenvalue weighted by molar-refractivity contribution is 5.51. The number of nitrogen functional groups attached to an aromatic ring is 2. The first-order valence-corrected chi connectivity index (χ1v) is 6.87. The Kier molecular flexibility index (Phi) is 5.20. The Morgan fingerprint density at radius 3 is 2.29 bits per heavy atom. The third kappa shape index (κ3) is 4.52. The van der Waals surface area contributed by atoms with E-state index in [1.165, 1.54) is 0 Å². The molecule has 0 saturated carbocycles. The van der Waals surface area contributed by atoms with Crippen molar-refractivity contribution in [2.75, 3.05) is 24.7 Å². The van der Waals surface area contributed by atoms with Crippen molar-refractivity contribution in [3.05, 3.63) is 36.0 Å². The molecule has 1 aromatic heterocycles. The van der Waals surface area contributed by atoms with Crippen LogP contribution in [0.15, 0.2) is 30.3 Å². The smallest absolute Gasteiger partial charge is 0.222 e. The van der Waals surface area contributed by atoms with Crippen LogP contribution in [-0.4, -0.2) is 23.2 Å². The van der Waals surface area contributed by atoms with Gasteiger partial charge in [-0.25, -0.2) is 4.98 Å². The Hall–Kier alpha value is -2.50. The second-order valence-corrected chi connectivity index (χ2v) is 4.60. The zero-order valence-corrected chi connectivity index (χ0v) is 12.1. The fourth-order valence-electron chi connectivity index (χ4n) is 1.87. The maximum Gasteiger partial charge on any atom is 0.222 e. The summed E-state index contributed by atoms with van der Waals surface area (Å²) in [4.78, 5) is 7.91. The van der Waals surface area contributed by atoms with Gasteiger partial charge in [0.15, 0.2) is 11.6 Å². The number of hydrogen-bond acceptors (Lipinski definition) is 6. The Morgan fingerprint density at radius 1 is 0.952 bits per heavy atom. The summed E-state index contributed by atoms with van der Waals surface area (Å²) < 4.78 is 11.2. The highest BCUT2D eigenvalue weighted by Crippen LogP contribution is 2.23. The summed E-state index contributed by atoms with van der Waals surface area (Å²) in [6.07, 6.45) is 1.75. The van der Waals surface area contributed by atoms with Crippen LogP contribution in [0.3, 0.4) is 0 Å². The molecule has 0 aliphatic heterocycles. The van der Waals surface area contributed by atoms with Crippen molar-refractivity contribution >= 4 is 11.8 Å². The molecule has 1 aromatic carbocycles. The maximum absolute atomic E-state index is 5.76. The molecule has 0 radical (unpaired) electrons. The van der Waals surface area contributed by atoms with Crippen LogP contribution in [0.2, 0.25) is 0 Å². The van der Waals surface area contributed by atoms with Crippen LogP contribution in [0.25, 0.3) is 0 Å². The monoisotopic (exact) mass is 288 g/mol. The third-order valence-electron chi connectivity index (χ3n) is 2.88. The number of nitrogens with zero attached hydrogens (tertiary/aromatic N) is 2. The number of anilines is 2. The lowest BCUT2D eigenvalue weighted by Gasteiger charge is -2.11. The number of benzene rings is 1.